The van der Waals surface area contributed by atoms with Crippen LogP contribution in [0, 0.1) is 5.41 Å². The van der Waals surface area contributed by atoms with E-state index >= 15 is 0 Å². The number of hydrogen-bond acceptors (Lipinski definition) is 3. The highest BCUT2D eigenvalue weighted by molar-refractivity contribution is 7.20. The number of pyridine rings is 1. The van der Waals surface area contributed by atoms with Gasteiger partial charge in [0.1, 0.15) is 5.84 Å². The molecule has 3 rings (SSSR count). The lowest BCUT2D eigenvalue weighted by Crippen LogP contribution is -2.08. The average Bonchev–Trinajstić information content (AvgIpc) is 2.91. The molecule has 0 aliphatic carbocycles. The van der Waals surface area contributed by atoms with Gasteiger partial charge in [0.2, 0.25) is 0 Å². The molecule has 2 aromatic heterocycles. The smallest absolute Gasteiger partial charge is 0.133 e. The van der Waals surface area contributed by atoms with Crippen LogP contribution in [0.1, 0.15) is 16.0 Å². The van der Waals surface area contributed by atoms with Crippen molar-refractivity contribution in [1.29, 1.82) is 5.41 Å². The number of aromatic nitrogens is 1. The predicted octanol–water partition coefficient (Wildman–Crippen LogP) is 3.75. The summed E-state index contributed by atoms with van der Waals surface area (Å²) in [5.74, 6) is 0.119. The maximum atomic E-state index is 7.54. The van der Waals surface area contributed by atoms with Gasteiger partial charge in [0.15, 0.2) is 0 Å². The summed E-state index contributed by atoms with van der Waals surface area (Å²) in [6, 6.07) is 12.0. The van der Waals surface area contributed by atoms with E-state index in [0.29, 0.717) is 0 Å². The number of nitrogen functional groups attached to an aromatic ring is 1. The summed E-state index contributed by atoms with van der Waals surface area (Å²) in [4.78, 5) is 4.90. The number of rotatable bonds is 3. The Hall–Kier alpha value is -2.46. The minimum Gasteiger partial charge on any atom is -0.383 e. The molecule has 1 aromatic carbocycles. The number of nitrogens with one attached hydrogen (secondary N) is 1. The van der Waals surface area contributed by atoms with Crippen molar-refractivity contribution in [2.45, 2.75) is 0 Å². The summed E-state index contributed by atoms with van der Waals surface area (Å²) in [5, 5.41) is 8.66. The second kappa shape index (κ2) is 5.27. The van der Waals surface area contributed by atoms with Crippen LogP contribution in [0.2, 0.25) is 0 Å². The van der Waals surface area contributed by atoms with Gasteiger partial charge in [-0.15, -0.1) is 11.3 Å². The van der Waals surface area contributed by atoms with E-state index in [1.807, 2.05) is 42.6 Å². The summed E-state index contributed by atoms with van der Waals surface area (Å²) in [6.07, 6.45) is 7.68. The Balaban J connectivity index is 2.03. The lowest BCUT2D eigenvalue weighted by molar-refractivity contribution is 1.32. The van der Waals surface area contributed by atoms with E-state index in [2.05, 4.69) is 17.1 Å². The maximum Gasteiger partial charge on any atom is 0.133 e. The van der Waals surface area contributed by atoms with Crippen LogP contribution in [0.5, 0.6) is 0 Å². The Morgan fingerprint density at radius 1 is 1.20 bits per heavy atom. The molecule has 3 aromatic rings. The number of nitrogens with zero attached hydrogens (tertiary/aromatic N) is 1. The van der Waals surface area contributed by atoms with Crippen LogP contribution in [0.25, 0.3) is 22.2 Å². The first-order valence-electron chi connectivity index (χ1n) is 6.19. The number of hydrogen-bond donors (Lipinski definition) is 2. The third kappa shape index (κ3) is 2.46. The van der Waals surface area contributed by atoms with Gasteiger partial charge in [0.05, 0.1) is 4.88 Å². The highest BCUT2D eigenvalue weighted by atomic mass is 32.1. The molecule has 0 fully saturated rings. The van der Waals surface area contributed by atoms with Gasteiger partial charge in [-0.1, -0.05) is 30.4 Å². The number of thiophene rings is 1. The largest absolute Gasteiger partial charge is 0.383 e. The standard InChI is InChI=1S/C16H13N3S/c17-16(18)15-9-13-12(4-1-5-14(13)20-15)7-6-11-3-2-8-19-10-11/h1-10H,(H3,17,18). The van der Waals surface area contributed by atoms with Gasteiger partial charge in [0, 0.05) is 22.5 Å². The monoisotopic (exact) mass is 279 g/mol. The molecule has 0 bridgehead atoms. The highest BCUT2D eigenvalue weighted by Gasteiger charge is 2.06. The minimum atomic E-state index is 0.119. The van der Waals surface area contributed by atoms with Crippen LogP contribution < -0.4 is 5.73 Å². The Morgan fingerprint density at radius 3 is 2.85 bits per heavy atom. The number of benzene rings is 1. The molecule has 3 N–H and O–H groups in total. The van der Waals surface area contributed by atoms with Crippen molar-refractivity contribution in [3.63, 3.8) is 0 Å². The minimum absolute atomic E-state index is 0.119. The van der Waals surface area contributed by atoms with Crippen molar-refractivity contribution < 1.29 is 0 Å². The summed E-state index contributed by atoms with van der Waals surface area (Å²) < 4.78 is 1.14. The number of nitrogens with two attached hydrogens (primary N) is 1. The summed E-state index contributed by atoms with van der Waals surface area (Å²) in [5.41, 5.74) is 7.74. The van der Waals surface area contributed by atoms with Gasteiger partial charge in [-0.25, -0.2) is 0 Å². The lowest BCUT2D eigenvalue weighted by atomic mass is 10.1. The van der Waals surface area contributed by atoms with Gasteiger partial charge >= 0.3 is 0 Å². The molecule has 0 saturated heterocycles. The molecule has 4 heteroatoms. The second-order valence-electron chi connectivity index (χ2n) is 4.40. The molecule has 0 unspecified atom stereocenters. The zero-order valence-electron chi connectivity index (χ0n) is 10.7. The van der Waals surface area contributed by atoms with E-state index in [4.69, 9.17) is 11.1 Å². The molecule has 0 aliphatic rings. The Morgan fingerprint density at radius 2 is 2.10 bits per heavy atom. The van der Waals surface area contributed by atoms with Crippen molar-refractivity contribution in [3.8, 4) is 0 Å². The first-order valence-corrected chi connectivity index (χ1v) is 7.01. The third-order valence-corrected chi connectivity index (χ3v) is 4.13. The van der Waals surface area contributed by atoms with Crippen molar-refractivity contribution in [2.24, 2.45) is 5.73 Å². The van der Waals surface area contributed by atoms with Crippen LogP contribution in [-0.4, -0.2) is 10.8 Å². The Kier molecular flexibility index (Phi) is 3.31. The van der Waals surface area contributed by atoms with E-state index in [1.54, 1.807) is 17.5 Å². The van der Waals surface area contributed by atoms with Crippen molar-refractivity contribution >= 4 is 39.4 Å². The van der Waals surface area contributed by atoms with Gasteiger partial charge in [-0.3, -0.25) is 10.4 Å². The quantitative estimate of drug-likeness (QED) is 0.566. The fourth-order valence-electron chi connectivity index (χ4n) is 2.02. The topological polar surface area (TPSA) is 62.8 Å². The normalized spacial score (nSPS) is 11.2. The Bertz CT molecular complexity index is 788. The predicted molar refractivity (Wildman–Crippen MR) is 86.0 cm³/mol. The van der Waals surface area contributed by atoms with Crippen LogP contribution in [0.4, 0.5) is 0 Å². The molecule has 0 aliphatic heterocycles. The summed E-state index contributed by atoms with van der Waals surface area (Å²) >= 11 is 1.55. The van der Waals surface area contributed by atoms with Crippen LogP contribution in [0.3, 0.4) is 0 Å². The molecule has 0 radical (unpaired) electrons. The first kappa shape index (κ1) is 12.6. The first-order chi connectivity index (χ1) is 9.74. The van der Waals surface area contributed by atoms with E-state index in [-0.39, 0.29) is 5.84 Å². The lowest BCUT2D eigenvalue weighted by Gasteiger charge is -1.96. The molecule has 0 saturated carbocycles. The SMILES string of the molecule is N=C(N)c1cc2c(C=Cc3cccnc3)cccc2s1. The summed E-state index contributed by atoms with van der Waals surface area (Å²) in [6.45, 7) is 0. The third-order valence-electron chi connectivity index (χ3n) is 3.00. The van der Waals surface area contributed by atoms with Crippen LogP contribution in [-0.2, 0) is 0 Å². The fraction of sp³-hybridized carbons (Fsp3) is 0. The number of fused-ring (bicyclic) bond motifs is 1. The molecule has 2 heterocycles. The van der Waals surface area contributed by atoms with E-state index in [1.165, 1.54) is 0 Å². The van der Waals surface area contributed by atoms with E-state index < -0.39 is 0 Å². The Labute approximate surface area is 120 Å². The van der Waals surface area contributed by atoms with Crippen molar-refractivity contribution in [1.82, 2.24) is 4.98 Å². The van der Waals surface area contributed by atoms with Gasteiger partial charge in [-0.2, -0.15) is 0 Å². The van der Waals surface area contributed by atoms with Crippen molar-refractivity contribution in [2.75, 3.05) is 0 Å². The average molecular weight is 279 g/mol. The molecular weight excluding hydrogens is 266 g/mol. The number of amidine groups is 1. The molecule has 0 amide bonds. The van der Waals surface area contributed by atoms with Gasteiger partial charge in [0.25, 0.3) is 0 Å². The second-order valence-corrected chi connectivity index (χ2v) is 5.49. The molecule has 98 valence electrons. The van der Waals surface area contributed by atoms with Gasteiger partial charge < -0.3 is 5.73 Å². The van der Waals surface area contributed by atoms with Crippen LogP contribution >= 0.6 is 11.3 Å². The van der Waals surface area contributed by atoms with E-state index in [0.717, 1.165) is 26.1 Å². The molecule has 0 spiro atoms. The summed E-state index contributed by atoms with van der Waals surface area (Å²) in [7, 11) is 0. The molecule has 0 atom stereocenters. The maximum absolute atomic E-state index is 7.54. The zero-order chi connectivity index (χ0) is 13.9. The fourth-order valence-corrected chi connectivity index (χ4v) is 2.98. The van der Waals surface area contributed by atoms with Crippen molar-refractivity contribution in [3.05, 3.63) is 64.8 Å². The highest BCUT2D eigenvalue weighted by Crippen LogP contribution is 2.29. The molecule has 3 nitrogen and oxygen atoms in total. The van der Waals surface area contributed by atoms with Crippen LogP contribution in [0.15, 0.2) is 48.8 Å². The zero-order valence-corrected chi connectivity index (χ0v) is 11.5. The van der Waals surface area contributed by atoms with Gasteiger partial charge in [-0.05, 0) is 29.3 Å². The van der Waals surface area contributed by atoms with E-state index in [9.17, 15) is 0 Å². The molecule has 20 heavy (non-hydrogen) atoms. The molecular formula is C16H13N3S.